The standard InChI is InChI=1S/C12H25N3O3/c1-8(2)11(7-15(4)5)13-6-10(12(17)18)14-9(3)16/h8,10-11,13H,6-7H2,1-5H3,(H,14,16)(H,17,18). The number of rotatable bonds is 8. The highest BCUT2D eigenvalue weighted by molar-refractivity contribution is 5.82. The van der Waals surface area contributed by atoms with Gasteiger partial charge < -0.3 is 20.6 Å². The fraction of sp³-hybridized carbons (Fsp3) is 0.833. The summed E-state index contributed by atoms with van der Waals surface area (Å²) in [5.74, 6) is -0.970. The van der Waals surface area contributed by atoms with Crippen LogP contribution in [0.4, 0.5) is 0 Å². The summed E-state index contributed by atoms with van der Waals surface area (Å²) in [7, 11) is 3.94. The number of carboxylic acid groups (broad SMARTS) is 1. The number of amides is 1. The summed E-state index contributed by atoms with van der Waals surface area (Å²) in [5, 5.41) is 14.6. The van der Waals surface area contributed by atoms with Crippen molar-refractivity contribution in [2.45, 2.75) is 32.9 Å². The van der Waals surface area contributed by atoms with Gasteiger partial charge in [-0.15, -0.1) is 0 Å². The van der Waals surface area contributed by atoms with E-state index in [0.29, 0.717) is 5.92 Å². The lowest BCUT2D eigenvalue weighted by Gasteiger charge is -2.27. The van der Waals surface area contributed by atoms with Crippen molar-refractivity contribution in [2.75, 3.05) is 27.2 Å². The number of carboxylic acids is 1. The molecule has 0 aromatic carbocycles. The number of nitrogens with one attached hydrogen (secondary N) is 2. The molecule has 3 N–H and O–H groups in total. The van der Waals surface area contributed by atoms with E-state index in [4.69, 9.17) is 5.11 Å². The second kappa shape index (κ2) is 8.05. The van der Waals surface area contributed by atoms with E-state index in [-0.39, 0.29) is 18.5 Å². The fourth-order valence-electron chi connectivity index (χ4n) is 1.62. The first-order valence-electron chi connectivity index (χ1n) is 6.12. The molecular formula is C12H25N3O3. The molecule has 2 atom stereocenters. The first-order valence-corrected chi connectivity index (χ1v) is 6.12. The molecule has 0 saturated heterocycles. The van der Waals surface area contributed by atoms with Gasteiger partial charge in [0.2, 0.25) is 5.91 Å². The Morgan fingerprint density at radius 2 is 1.83 bits per heavy atom. The van der Waals surface area contributed by atoms with Gasteiger partial charge in [0.1, 0.15) is 6.04 Å². The van der Waals surface area contributed by atoms with E-state index in [2.05, 4.69) is 24.5 Å². The normalized spacial score (nSPS) is 14.6. The van der Waals surface area contributed by atoms with E-state index in [1.165, 1.54) is 6.92 Å². The molecule has 0 aliphatic rings. The van der Waals surface area contributed by atoms with Crippen molar-refractivity contribution in [1.82, 2.24) is 15.5 Å². The maximum atomic E-state index is 11.0. The van der Waals surface area contributed by atoms with Gasteiger partial charge >= 0.3 is 5.97 Å². The highest BCUT2D eigenvalue weighted by Gasteiger charge is 2.21. The van der Waals surface area contributed by atoms with Gasteiger partial charge in [-0.1, -0.05) is 13.8 Å². The van der Waals surface area contributed by atoms with Crippen LogP contribution >= 0.6 is 0 Å². The van der Waals surface area contributed by atoms with E-state index in [1.807, 2.05) is 19.0 Å². The molecule has 0 radical (unpaired) electrons. The summed E-state index contributed by atoms with van der Waals surface area (Å²) in [4.78, 5) is 23.9. The lowest BCUT2D eigenvalue weighted by Crippen LogP contribution is -2.51. The lowest BCUT2D eigenvalue weighted by molar-refractivity contribution is -0.141. The molecule has 6 heteroatoms. The zero-order chi connectivity index (χ0) is 14.3. The van der Waals surface area contributed by atoms with Gasteiger partial charge in [-0.2, -0.15) is 0 Å². The molecule has 0 saturated carbocycles. The maximum Gasteiger partial charge on any atom is 0.327 e. The van der Waals surface area contributed by atoms with Gasteiger partial charge in [0.25, 0.3) is 0 Å². The van der Waals surface area contributed by atoms with Gasteiger partial charge in [-0.05, 0) is 20.0 Å². The molecule has 106 valence electrons. The SMILES string of the molecule is CC(=O)NC(CNC(CN(C)C)C(C)C)C(=O)O. The number of likely N-dealkylation sites (N-methyl/N-ethyl adjacent to an activating group) is 1. The van der Waals surface area contributed by atoms with E-state index < -0.39 is 12.0 Å². The third kappa shape index (κ3) is 7.24. The van der Waals surface area contributed by atoms with Crippen LogP contribution in [-0.2, 0) is 9.59 Å². The van der Waals surface area contributed by atoms with Crippen LogP contribution in [0.25, 0.3) is 0 Å². The molecular weight excluding hydrogens is 234 g/mol. The minimum Gasteiger partial charge on any atom is -0.480 e. The first kappa shape index (κ1) is 16.9. The third-order valence-corrected chi connectivity index (χ3v) is 2.63. The lowest BCUT2D eigenvalue weighted by atomic mass is 10.0. The van der Waals surface area contributed by atoms with Gasteiger partial charge in [0.05, 0.1) is 0 Å². The molecule has 0 aromatic heterocycles. The number of carbonyl (C=O) groups is 2. The van der Waals surface area contributed by atoms with Crippen molar-refractivity contribution < 1.29 is 14.7 Å². The Kier molecular flexibility index (Phi) is 7.54. The summed E-state index contributed by atoms with van der Waals surface area (Å²) in [6.07, 6.45) is 0. The molecule has 6 nitrogen and oxygen atoms in total. The van der Waals surface area contributed by atoms with Crippen LogP contribution in [0.2, 0.25) is 0 Å². The Bertz CT molecular complexity index is 280. The van der Waals surface area contributed by atoms with Gasteiger partial charge in [-0.3, -0.25) is 4.79 Å². The molecule has 0 aliphatic carbocycles. The minimum absolute atomic E-state index is 0.190. The molecule has 0 fully saturated rings. The number of hydrogen-bond donors (Lipinski definition) is 3. The Morgan fingerprint density at radius 1 is 1.28 bits per heavy atom. The summed E-state index contributed by atoms with van der Waals surface area (Å²) < 4.78 is 0. The van der Waals surface area contributed by atoms with Crippen molar-refractivity contribution in [3.05, 3.63) is 0 Å². The largest absolute Gasteiger partial charge is 0.480 e. The van der Waals surface area contributed by atoms with Crippen LogP contribution in [0.1, 0.15) is 20.8 Å². The van der Waals surface area contributed by atoms with Gasteiger partial charge in [0.15, 0.2) is 0 Å². The van der Waals surface area contributed by atoms with Crippen LogP contribution < -0.4 is 10.6 Å². The molecule has 0 aromatic rings. The van der Waals surface area contributed by atoms with Crippen LogP contribution in [0.3, 0.4) is 0 Å². The Balaban J connectivity index is 4.36. The number of hydrogen-bond acceptors (Lipinski definition) is 4. The van der Waals surface area contributed by atoms with E-state index >= 15 is 0 Å². The van der Waals surface area contributed by atoms with Crippen molar-refractivity contribution in [3.63, 3.8) is 0 Å². The third-order valence-electron chi connectivity index (χ3n) is 2.63. The van der Waals surface area contributed by atoms with Crippen molar-refractivity contribution in [2.24, 2.45) is 5.92 Å². The zero-order valence-corrected chi connectivity index (χ0v) is 11.9. The number of carbonyl (C=O) groups excluding carboxylic acids is 1. The van der Waals surface area contributed by atoms with Gasteiger partial charge in [0, 0.05) is 26.1 Å². The first-order chi connectivity index (χ1) is 8.23. The second-order valence-corrected chi connectivity index (χ2v) is 5.11. The summed E-state index contributed by atoms with van der Waals surface area (Å²) in [6.45, 7) is 6.52. The van der Waals surface area contributed by atoms with Crippen LogP contribution in [-0.4, -0.2) is 61.2 Å². The molecule has 1 amide bonds. The smallest absolute Gasteiger partial charge is 0.327 e. The molecule has 0 rings (SSSR count). The Morgan fingerprint density at radius 3 is 2.17 bits per heavy atom. The van der Waals surface area contributed by atoms with E-state index in [9.17, 15) is 9.59 Å². The minimum atomic E-state index is -1.02. The predicted octanol–water partition coefficient (Wildman–Crippen LogP) is -0.248. The van der Waals surface area contributed by atoms with Crippen LogP contribution in [0.5, 0.6) is 0 Å². The van der Waals surface area contributed by atoms with Crippen LogP contribution in [0.15, 0.2) is 0 Å². The van der Waals surface area contributed by atoms with E-state index in [0.717, 1.165) is 6.54 Å². The quantitative estimate of drug-likeness (QED) is 0.560. The summed E-state index contributed by atoms with van der Waals surface area (Å²) >= 11 is 0. The monoisotopic (exact) mass is 259 g/mol. The summed E-state index contributed by atoms with van der Waals surface area (Å²) in [5.41, 5.74) is 0. The Hall–Kier alpha value is -1.14. The second-order valence-electron chi connectivity index (χ2n) is 5.11. The highest BCUT2D eigenvalue weighted by atomic mass is 16.4. The topological polar surface area (TPSA) is 81.7 Å². The molecule has 0 aliphatic heterocycles. The fourth-order valence-corrected chi connectivity index (χ4v) is 1.62. The Labute approximate surface area is 109 Å². The molecule has 0 bridgehead atoms. The molecule has 0 spiro atoms. The van der Waals surface area contributed by atoms with Crippen LogP contribution in [0, 0.1) is 5.92 Å². The zero-order valence-electron chi connectivity index (χ0n) is 11.9. The molecule has 2 unspecified atom stereocenters. The van der Waals surface area contributed by atoms with E-state index in [1.54, 1.807) is 0 Å². The number of aliphatic carboxylic acids is 1. The van der Waals surface area contributed by atoms with Gasteiger partial charge in [-0.25, -0.2) is 4.79 Å². The predicted molar refractivity (Wildman–Crippen MR) is 70.4 cm³/mol. The average molecular weight is 259 g/mol. The van der Waals surface area contributed by atoms with Crippen molar-refractivity contribution in [1.29, 1.82) is 0 Å². The molecule has 18 heavy (non-hydrogen) atoms. The highest BCUT2D eigenvalue weighted by Crippen LogP contribution is 2.02. The average Bonchev–Trinajstić information content (AvgIpc) is 2.20. The number of nitrogens with zero attached hydrogens (tertiary/aromatic N) is 1. The van der Waals surface area contributed by atoms with Crippen molar-refractivity contribution >= 4 is 11.9 Å². The van der Waals surface area contributed by atoms with Crippen molar-refractivity contribution in [3.8, 4) is 0 Å². The molecule has 0 heterocycles. The maximum absolute atomic E-state index is 11.0. The summed E-state index contributed by atoms with van der Waals surface area (Å²) in [6, 6.07) is -0.693.